The fraction of sp³-hybridized carbons (Fsp3) is 0. The fourth-order valence-corrected chi connectivity index (χ4v) is 1.43. The van der Waals surface area contributed by atoms with E-state index in [9.17, 15) is 4.79 Å². The zero-order valence-corrected chi connectivity index (χ0v) is 6.25. The smallest absolute Gasteiger partial charge is 0.305 e. The number of thiazole rings is 1. The van der Waals surface area contributed by atoms with E-state index < -0.39 is 0 Å². The number of aromatic amines is 1. The minimum atomic E-state index is 0.0180. The molecule has 0 unspecified atom stereocenters. The van der Waals surface area contributed by atoms with Gasteiger partial charge in [-0.1, -0.05) is 11.3 Å². The molecule has 0 aromatic carbocycles. The minimum Gasteiger partial charge on any atom is -0.318 e. The molecule has 2 nitrogen and oxygen atoms in total. The molecule has 0 saturated heterocycles. The molecule has 1 N–H and O–H groups in total. The number of hydrogen-bond acceptors (Lipinski definition) is 2. The van der Waals surface area contributed by atoms with Crippen LogP contribution in [-0.2, 0) is 0 Å². The molecule has 0 aliphatic rings. The summed E-state index contributed by atoms with van der Waals surface area (Å²) in [5.74, 6) is 0. The number of rotatable bonds is 0. The highest BCUT2D eigenvalue weighted by Crippen LogP contribution is 2.02. The quantitative estimate of drug-likeness (QED) is 0.660. The normalized spacial score (nSPS) is 9.29. The summed E-state index contributed by atoms with van der Waals surface area (Å²) in [5, 5.41) is 0. The molecule has 1 heterocycles. The first-order chi connectivity index (χ1) is 3.29. The van der Waals surface area contributed by atoms with Gasteiger partial charge in [-0.25, -0.2) is 0 Å². The van der Waals surface area contributed by atoms with Gasteiger partial charge in [-0.2, -0.15) is 0 Å². The zero-order valence-electron chi connectivity index (χ0n) is 3.27. The van der Waals surface area contributed by atoms with Crippen molar-refractivity contribution in [2.75, 3.05) is 0 Å². The SMILES string of the molecule is O=c1[nH]cc(I)s1. The molecule has 0 atom stereocenters. The van der Waals surface area contributed by atoms with E-state index in [1.165, 1.54) is 11.3 Å². The molecule has 1 rings (SSSR count). The van der Waals surface area contributed by atoms with E-state index in [0.717, 1.165) is 2.88 Å². The van der Waals surface area contributed by atoms with Gasteiger partial charge in [0.2, 0.25) is 0 Å². The van der Waals surface area contributed by atoms with E-state index in [-0.39, 0.29) is 4.87 Å². The van der Waals surface area contributed by atoms with Crippen LogP contribution in [0.15, 0.2) is 11.0 Å². The zero-order chi connectivity index (χ0) is 5.28. The second-order valence-corrected chi connectivity index (χ2v) is 3.89. The lowest BCUT2D eigenvalue weighted by Gasteiger charge is -1.60. The number of halogens is 1. The number of aromatic nitrogens is 1. The van der Waals surface area contributed by atoms with E-state index >= 15 is 0 Å². The van der Waals surface area contributed by atoms with Crippen molar-refractivity contribution >= 4 is 33.9 Å². The standard InChI is InChI=1S/C3H2INOS/c4-2-1-5-3(6)7-2/h1H,(H,5,6). The van der Waals surface area contributed by atoms with Crippen molar-refractivity contribution in [2.24, 2.45) is 0 Å². The predicted octanol–water partition coefficient (Wildman–Crippen LogP) is 1.04. The summed E-state index contributed by atoms with van der Waals surface area (Å²) in [6, 6.07) is 0. The monoisotopic (exact) mass is 227 g/mol. The van der Waals surface area contributed by atoms with Gasteiger partial charge < -0.3 is 4.98 Å². The Balaban J connectivity index is 3.30. The molecule has 4 heteroatoms. The van der Waals surface area contributed by atoms with Crippen LogP contribution in [0.3, 0.4) is 0 Å². The third-order valence-electron chi connectivity index (χ3n) is 0.494. The van der Waals surface area contributed by atoms with Gasteiger partial charge in [0.1, 0.15) is 0 Å². The van der Waals surface area contributed by atoms with E-state index in [0.29, 0.717) is 0 Å². The molecule has 0 amide bonds. The molecule has 0 radical (unpaired) electrons. The van der Waals surface area contributed by atoms with E-state index in [1.54, 1.807) is 6.20 Å². The Kier molecular flexibility index (Phi) is 1.48. The summed E-state index contributed by atoms with van der Waals surface area (Å²) >= 11 is 3.31. The molecule has 0 bridgehead atoms. The van der Waals surface area contributed by atoms with Gasteiger partial charge in [0.05, 0.1) is 2.88 Å². The van der Waals surface area contributed by atoms with Crippen LogP contribution in [0.2, 0.25) is 0 Å². The Labute approximate surface area is 57.7 Å². The van der Waals surface area contributed by atoms with Crippen LogP contribution in [0.1, 0.15) is 0 Å². The molecule has 0 aliphatic carbocycles. The molecule has 0 saturated carbocycles. The maximum Gasteiger partial charge on any atom is 0.305 e. The Morgan fingerprint density at radius 1 is 1.86 bits per heavy atom. The van der Waals surface area contributed by atoms with Crippen LogP contribution < -0.4 is 4.87 Å². The number of H-pyrrole nitrogens is 1. The summed E-state index contributed by atoms with van der Waals surface area (Å²) < 4.78 is 1.00. The van der Waals surface area contributed by atoms with Gasteiger partial charge in [0, 0.05) is 6.20 Å². The molecule has 1 aromatic heterocycles. The molecular weight excluding hydrogens is 225 g/mol. The summed E-state index contributed by atoms with van der Waals surface area (Å²) in [6.07, 6.45) is 1.69. The summed E-state index contributed by atoms with van der Waals surface area (Å²) in [5.41, 5.74) is 0. The Hall–Kier alpha value is 0.160. The maximum atomic E-state index is 10.2. The molecule has 38 valence electrons. The lowest BCUT2D eigenvalue weighted by atomic mass is 11.0. The molecule has 0 spiro atoms. The lowest BCUT2D eigenvalue weighted by Crippen LogP contribution is -1.88. The Bertz CT molecular complexity index is 203. The molecule has 1 aromatic rings. The summed E-state index contributed by atoms with van der Waals surface area (Å²) in [7, 11) is 0. The number of hydrogen-bond donors (Lipinski definition) is 1. The highest BCUT2D eigenvalue weighted by Gasteiger charge is 1.85. The van der Waals surface area contributed by atoms with Gasteiger partial charge in [-0.05, 0) is 22.6 Å². The van der Waals surface area contributed by atoms with Crippen molar-refractivity contribution in [2.45, 2.75) is 0 Å². The van der Waals surface area contributed by atoms with Crippen molar-refractivity contribution in [3.05, 3.63) is 18.7 Å². The lowest BCUT2D eigenvalue weighted by molar-refractivity contribution is 1.34. The Morgan fingerprint density at radius 3 is 2.71 bits per heavy atom. The van der Waals surface area contributed by atoms with Gasteiger partial charge in [0.25, 0.3) is 0 Å². The van der Waals surface area contributed by atoms with Crippen LogP contribution in [0.4, 0.5) is 0 Å². The van der Waals surface area contributed by atoms with Crippen molar-refractivity contribution in [1.82, 2.24) is 4.98 Å². The van der Waals surface area contributed by atoms with Crippen LogP contribution in [0.5, 0.6) is 0 Å². The predicted molar refractivity (Wildman–Crippen MR) is 37.7 cm³/mol. The van der Waals surface area contributed by atoms with Crippen LogP contribution in [0, 0.1) is 2.88 Å². The van der Waals surface area contributed by atoms with Crippen LogP contribution >= 0.6 is 33.9 Å². The molecular formula is C3H2INOS. The van der Waals surface area contributed by atoms with Crippen LogP contribution in [-0.4, -0.2) is 4.98 Å². The van der Waals surface area contributed by atoms with E-state index in [1.807, 2.05) is 0 Å². The summed E-state index contributed by atoms with van der Waals surface area (Å²) in [6.45, 7) is 0. The average molecular weight is 227 g/mol. The highest BCUT2D eigenvalue weighted by atomic mass is 127. The fourth-order valence-electron chi connectivity index (χ4n) is 0.263. The summed E-state index contributed by atoms with van der Waals surface area (Å²) in [4.78, 5) is 12.8. The number of nitrogens with one attached hydrogen (secondary N) is 1. The third kappa shape index (κ3) is 1.27. The van der Waals surface area contributed by atoms with Crippen molar-refractivity contribution in [1.29, 1.82) is 0 Å². The van der Waals surface area contributed by atoms with Crippen molar-refractivity contribution in [3.63, 3.8) is 0 Å². The van der Waals surface area contributed by atoms with Crippen LogP contribution in [0.25, 0.3) is 0 Å². The third-order valence-corrected chi connectivity index (χ3v) is 2.08. The molecule has 0 fully saturated rings. The maximum absolute atomic E-state index is 10.2. The largest absolute Gasteiger partial charge is 0.318 e. The van der Waals surface area contributed by atoms with Crippen molar-refractivity contribution < 1.29 is 0 Å². The van der Waals surface area contributed by atoms with Gasteiger partial charge in [-0.3, -0.25) is 4.79 Å². The average Bonchev–Trinajstić information content (AvgIpc) is 1.87. The highest BCUT2D eigenvalue weighted by molar-refractivity contribution is 14.1. The van der Waals surface area contributed by atoms with Crippen molar-refractivity contribution in [3.8, 4) is 0 Å². The van der Waals surface area contributed by atoms with E-state index in [4.69, 9.17) is 0 Å². The topological polar surface area (TPSA) is 32.9 Å². The molecule has 0 aliphatic heterocycles. The van der Waals surface area contributed by atoms with E-state index in [2.05, 4.69) is 27.6 Å². The first-order valence-corrected chi connectivity index (χ1v) is 3.52. The van der Waals surface area contributed by atoms with Gasteiger partial charge >= 0.3 is 4.87 Å². The second kappa shape index (κ2) is 1.95. The van der Waals surface area contributed by atoms with Gasteiger partial charge in [0.15, 0.2) is 0 Å². The first kappa shape index (κ1) is 5.30. The minimum absolute atomic E-state index is 0.0180. The first-order valence-electron chi connectivity index (χ1n) is 1.63. The Morgan fingerprint density at radius 2 is 2.57 bits per heavy atom. The second-order valence-electron chi connectivity index (χ2n) is 0.982. The molecule has 7 heavy (non-hydrogen) atoms. The van der Waals surface area contributed by atoms with Gasteiger partial charge in [-0.15, -0.1) is 0 Å².